The number of aryl methyl sites for hydroxylation is 2. The fourth-order valence-corrected chi connectivity index (χ4v) is 2.25. The van der Waals surface area contributed by atoms with E-state index in [2.05, 4.69) is 16.9 Å². The molecule has 4 heteroatoms. The molecule has 1 aromatic rings. The molecule has 0 spiro atoms. The summed E-state index contributed by atoms with van der Waals surface area (Å²) >= 11 is 0. The molecule has 1 unspecified atom stereocenters. The van der Waals surface area contributed by atoms with Gasteiger partial charge in [0.15, 0.2) is 0 Å². The van der Waals surface area contributed by atoms with Gasteiger partial charge in [-0.15, -0.1) is 0 Å². The molecule has 1 atom stereocenters. The Kier molecular flexibility index (Phi) is 2.80. The highest BCUT2D eigenvalue weighted by Gasteiger charge is 2.33. The van der Waals surface area contributed by atoms with Crippen molar-refractivity contribution in [3.05, 3.63) is 18.2 Å². The Hall–Kier alpha value is -0.870. The molecule has 1 aliphatic rings. The molecule has 1 N–H and O–H groups in total. The Labute approximate surface area is 90.5 Å². The summed E-state index contributed by atoms with van der Waals surface area (Å²) < 4.78 is 2.02. The Morgan fingerprint density at radius 1 is 1.53 bits per heavy atom. The van der Waals surface area contributed by atoms with Crippen molar-refractivity contribution in [2.24, 2.45) is 7.05 Å². The van der Waals surface area contributed by atoms with E-state index in [1.165, 1.54) is 0 Å². The molecule has 0 saturated carbocycles. The molecule has 4 nitrogen and oxygen atoms in total. The molecule has 1 aliphatic heterocycles. The monoisotopic (exact) mass is 209 g/mol. The van der Waals surface area contributed by atoms with Crippen molar-refractivity contribution in [3.63, 3.8) is 0 Å². The highest BCUT2D eigenvalue weighted by Crippen LogP contribution is 2.24. The molecule has 15 heavy (non-hydrogen) atoms. The van der Waals surface area contributed by atoms with Gasteiger partial charge in [-0.3, -0.25) is 0 Å². The van der Waals surface area contributed by atoms with E-state index in [1.54, 1.807) is 6.20 Å². The Balaban J connectivity index is 1.91. The van der Waals surface area contributed by atoms with Crippen molar-refractivity contribution >= 4 is 0 Å². The molecule has 84 valence electrons. The minimum Gasteiger partial charge on any atom is -0.388 e. The lowest BCUT2D eigenvalue weighted by molar-refractivity contribution is 0.0428. The van der Waals surface area contributed by atoms with Crippen molar-refractivity contribution < 1.29 is 5.11 Å². The van der Waals surface area contributed by atoms with E-state index in [4.69, 9.17) is 0 Å². The van der Waals surface area contributed by atoms with E-state index in [-0.39, 0.29) is 0 Å². The van der Waals surface area contributed by atoms with E-state index < -0.39 is 5.60 Å². The smallest absolute Gasteiger partial charge is 0.108 e. The largest absolute Gasteiger partial charge is 0.388 e. The molecule has 1 aromatic heterocycles. The number of aromatic nitrogens is 2. The van der Waals surface area contributed by atoms with Crippen LogP contribution in [0.1, 0.15) is 18.7 Å². The number of imidazole rings is 1. The predicted octanol–water partition coefficient (Wildman–Crippen LogP) is 0.419. The number of likely N-dealkylation sites (N-methyl/N-ethyl adjacent to an activating group) is 1. The minimum atomic E-state index is -0.499. The number of nitrogens with zero attached hydrogens (tertiary/aromatic N) is 3. The van der Waals surface area contributed by atoms with Crippen molar-refractivity contribution in [2.75, 3.05) is 20.1 Å². The lowest BCUT2D eigenvalue weighted by atomic mass is 9.97. The van der Waals surface area contributed by atoms with Crippen molar-refractivity contribution in [2.45, 2.75) is 24.9 Å². The van der Waals surface area contributed by atoms with Crippen LogP contribution in [0, 0.1) is 0 Å². The minimum absolute atomic E-state index is 0.499. The van der Waals surface area contributed by atoms with Gasteiger partial charge in [0.1, 0.15) is 5.82 Å². The lowest BCUT2D eigenvalue weighted by Crippen LogP contribution is -2.32. The molecular formula is C11H19N3O. The maximum Gasteiger partial charge on any atom is 0.108 e. The number of aliphatic hydroxyl groups is 1. The molecule has 0 radical (unpaired) electrons. The first kappa shape index (κ1) is 10.6. The van der Waals surface area contributed by atoms with Crippen LogP contribution in [0.2, 0.25) is 0 Å². The van der Waals surface area contributed by atoms with Gasteiger partial charge in [-0.25, -0.2) is 4.98 Å². The van der Waals surface area contributed by atoms with Crippen LogP contribution in [-0.2, 0) is 13.5 Å². The molecular weight excluding hydrogens is 190 g/mol. The molecule has 2 rings (SSSR count). The van der Waals surface area contributed by atoms with Crippen LogP contribution < -0.4 is 0 Å². The second-order valence-corrected chi connectivity index (χ2v) is 4.67. The van der Waals surface area contributed by atoms with Crippen molar-refractivity contribution in [3.8, 4) is 0 Å². The van der Waals surface area contributed by atoms with Crippen LogP contribution >= 0.6 is 0 Å². The van der Waals surface area contributed by atoms with Gasteiger partial charge < -0.3 is 14.6 Å². The Morgan fingerprint density at radius 3 is 2.87 bits per heavy atom. The van der Waals surface area contributed by atoms with Gasteiger partial charge in [-0.2, -0.15) is 0 Å². The number of rotatable bonds is 3. The number of β-amino-alcohol motifs (C(OH)–C–C–N with tert-alkyl or cyclic N) is 1. The summed E-state index contributed by atoms with van der Waals surface area (Å²) in [6.07, 6.45) is 6.30. The summed E-state index contributed by atoms with van der Waals surface area (Å²) in [6, 6.07) is 0. The summed E-state index contributed by atoms with van der Waals surface area (Å²) in [5, 5.41) is 10.3. The van der Waals surface area contributed by atoms with Crippen LogP contribution in [0.3, 0.4) is 0 Å². The fraction of sp³-hybridized carbons (Fsp3) is 0.727. The summed E-state index contributed by atoms with van der Waals surface area (Å²) in [5.74, 6) is 1.05. The van der Waals surface area contributed by atoms with Gasteiger partial charge in [0.2, 0.25) is 0 Å². The highest BCUT2D eigenvalue weighted by molar-refractivity contribution is 4.96. The zero-order valence-electron chi connectivity index (χ0n) is 9.48. The fourth-order valence-electron chi connectivity index (χ4n) is 2.25. The van der Waals surface area contributed by atoms with Crippen molar-refractivity contribution in [1.82, 2.24) is 14.5 Å². The maximum atomic E-state index is 10.3. The van der Waals surface area contributed by atoms with Gasteiger partial charge >= 0.3 is 0 Å². The first-order valence-electron chi connectivity index (χ1n) is 5.46. The highest BCUT2D eigenvalue weighted by atomic mass is 16.3. The zero-order chi connectivity index (χ0) is 10.9. The van der Waals surface area contributed by atoms with E-state index in [1.807, 2.05) is 17.8 Å². The van der Waals surface area contributed by atoms with Gasteiger partial charge in [0, 0.05) is 39.0 Å². The summed E-state index contributed by atoms with van der Waals surface area (Å²) in [4.78, 5) is 6.44. The lowest BCUT2D eigenvalue weighted by Gasteiger charge is -2.21. The topological polar surface area (TPSA) is 41.3 Å². The number of likely N-dealkylation sites (tertiary alicyclic amines) is 1. The van der Waals surface area contributed by atoms with Crippen LogP contribution in [0.25, 0.3) is 0 Å². The number of hydrogen-bond acceptors (Lipinski definition) is 3. The van der Waals surface area contributed by atoms with E-state index >= 15 is 0 Å². The van der Waals surface area contributed by atoms with Crippen molar-refractivity contribution in [1.29, 1.82) is 0 Å². The van der Waals surface area contributed by atoms with Crippen LogP contribution in [0.15, 0.2) is 12.4 Å². The van der Waals surface area contributed by atoms with E-state index in [0.717, 1.165) is 38.2 Å². The van der Waals surface area contributed by atoms with Crippen LogP contribution in [0.5, 0.6) is 0 Å². The average molecular weight is 209 g/mol. The van der Waals surface area contributed by atoms with Gasteiger partial charge in [-0.1, -0.05) is 0 Å². The second-order valence-electron chi connectivity index (χ2n) is 4.67. The predicted molar refractivity (Wildman–Crippen MR) is 58.6 cm³/mol. The normalized spacial score (nSPS) is 27.4. The molecule has 1 fully saturated rings. The quantitative estimate of drug-likeness (QED) is 0.784. The Morgan fingerprint density at radius 2 is 2.33 bits per heavy atom. The average Bonchev–Trinajstić information content (AvgIpc) is 2.71. The van der Waals surface area contributed by atoms with Crippen LogP contribution in [0.4, 0.5) is 0 Å². The molecule has 0 aliphatic carbocycles. The first-order chi connectivity index (χ1) is 7.09. The van der Waals surface area contributed by atoms with E-state index in [9.17, 15) is 5.11 Å². The number of hydrogen-bond donors (Lipinski definition) is 1. The third kappa shape index (κ3) is 2.38. The summed E-state index contributed by atoms with van der Waals surface area (Å²) in [7, 11) is 4.05. The third-order valence-corrected chi connectivity index (χ3v) is 3.26. The molecule has 0 aromatic carbocycles. The van der Waals surface area contributed by atoms with Crippen LogP contribution in [-0.4, -0.2) is 45.3 Å². The molecule has 2 heterocycles. The molecule has 0 bridgehead atoms. The van der Waals surface area contributed by atoms with E-state index in [0.29, 0.717) is 0 Å². The first-order valence-corrected chi connectivity index (χ1v) is 5.46. The zero-order valence-corrected chi connectivity index (χ0v) is 9.48. The standard InChI is InChI=1S/C11H19N3O/c1-13-7-5-11(15,9-13)4-3-10-12-6-8-14(10)2/h6,8,15H,3-5,7,9H2,1-2H3. The summed E-state index contributed by atoms with van der Waals surface area (Å²) in [5.41, 5.74) is -0.499. The summed E-state index contributed by atoms with van der Waals surface area (Å²) in [6.45, 7) is 1.79. The second kappa shape index (κ2) is 3.94. The SMILES string of the molecule is CN1CCC(O)(CCc2nccn2C)C1. The third-order valence-electron chi connectivity index (χ3n) is 3.26. The maximum absolute atomic E-state index is 10.3. The van der Waals surface area contributed by atoms with Gasteiger partial charge in [0.25, 0.3) is 0 Å². The van der Waals surface area contributed by atoms with Gasteiger partial charge in [0.05, 0.1) is 5.60 Å². The molecule has 0 amide bonds. The van der Waals surface area contributed by atoms with Gasteiger partial charge in [-0.05, 0) is 19.9 Å². The molecule has 1 saturated heterocycles. The Bertz CT molecular complexity index is 336.